The van der Waals surface area contributed by atoms with Gasteiger partial charge in [0.25, 0.3) is 10.2 Å². The van der Waals surface area contributed by atoms with E-state index < -0.39 is 10.2 Å². The predicted octanol–water partition coefficient (Wildman–Crippen LogP) is 0.781. The zero-order chi connectivity index (χ0) is 17.5. The van der Waals surface area contributed by atoms with Gasteiger partial charge in [-0.05, 0) is 25.5 Å². The molecule has 3 heterocycles. The minimum absolute atomic E-state index is 0.0772. The second kappa shape index (κ2) is 6.23. The van der Waals surface area contributed by atoms with Crippen LogP contribution in [0.15, 0.2) is 18.3 Å². The van der Waals surface area contributed by atoms with Gasteiger partial charge in [-0.1, -0.05) is 0 Å². The fourth-order valence-electron chi connectivity index (χ4n) is 2.97. The Hall–Kier alpha value is -1.84. The molecule has 24 heavy (non-hydrogen) atoms. The highest BCUT2D eigenvalue weighted by Crippen LogP contribution is 2.30. The van der Waals surface area contributed by atoms with Crippen LogP contribution < -0.4 is 0 Å². The molecule has 9 heteroatoms. The van der Waals surface area contributed by atoms with Gasteiger partial charge in [-0.15, -0.1) is 0 Å². The lowest BCUT2D eigenvalue weighted by Crippen LogP contribution is -2.38. The van der Waals surface area contributed by atoms with Gasteiger partial charge in [0.2, 0.25) is 0 Å². The molecule has 2 aromatic heterocycles. The third kappa shape index (κ3) is 3.06. The summed E-state index contributed by atoms with van der Waals surface area (Å²) < 4.78 is 29.1. The molecule has 8 nitrogen and oxygen atoms in total. The Morgan fingerprint density at radius 2 is 2.04 bits per heavy atom. The van der Waals surface area contributed by atoms with Crippen LogP contribution in [-0.4, -0.2) is 64.0 Å². The molecular weight excluding hydrogens is 328 g/mol. The van der Waals surface area contributed by atoms with E-state index in [1.165, 1.54) is 8.61 Å². The second-order valence-electron chi connectivity index (χ2n) is 6.20. The molecule has 3 rings (SSSR count). The Bertz CT molecular complexity index is 845. The quantitative estimate of drug-likeness (QED) is 0.814. The van der Waals surface area contributed by atoms with Crippen molar-refractivity contribution < 1.29 is 8.42 Å². The monoisotopic (exact) mass is 350 g/mol. The van der Waals surface area contributed by atoms with E-state index in [-0.39, 0.29) is 5.92 Å². The Kier molecular flexibility index (Phi) is 4.41. The summed E-state index contributed by atoms with van der Waals surface area (Å²) >= 11 is 0. The predicted molar refractivity (Wildman–Crippen MR) is 90.5 cm³/mol. The maximum Gasteiger partial charge on any atom is 0.281 e. The number of aromatic nitrogens is 4. The lowest BCUT2D eigenvalue weighted by molar-refractivity contribution is 0.418. The molecule has 0 amide bonds. The molecule has 0 N–H and O–H groups in total. The van der Waals surface area contributed by atoms with E-state index >= 15 is 0 Å². The van der Waals surface area contributed by atoms with Crippen molar-refractivity contribution in [3.8, 4) is 11.4 Å². The van der Waals surface area contributed by atoms with Crippen LogP contribution in [0.1, 0.15) is 23.9 Å². The third-order valence-corrected chi connectivity index (χ3v) is 6.21. The van der Waals surface area contributed by atoms with Crippen LogP contribution in [-0.2, 0) is 17.3 Å². The van der Waals surface area contributed by atoms with Crippen LogP contribution in [0, 0.1) is 6.92 Å². The largest absolute Gasteiger partial charge is 0.281 e. The standard InChI is InChI=1S/C15H22N6O2S/c1-11-17-13(9-14(18-11)15-5-7-16-20(15)4)12-6-8-21(10-12)24(22,23)19(2)3/h5,7,9,12H,6,8,10H2,1-4H3/t12-/m0/s1. The van der Waals surface area contributed by atoms with Crippen molar-refractivity contribution in [1.82, 2.24) is 28.4 Å². The summed E-state index contributed by atoms with van der Waals surface area (Å²) in [7, 11) is 1.60. The average Bonchev–Trinajstić information content (AvgIpc) is 3.15. The first-order chi connectivity index (χ1) is 11.3. The fourth-order valence-corrected chi connectivity index (χ4v) is 4.13. The van der Waals surface area contributed by atoms with E-state index in [0.717, 1.165) is 23.5 Å². The van der Waals surface area contributed by atoms with E-state index in [0.29, 0.717) is 18.9 Å². The van der Waals surface area contributed by atoms with Gasteiger partial charge in [-0.2, -0.15) is 22.1 Å². The summed E-state index contributed by atoms with van der Waals surface area (Å²) in [6.07, 6.45) is 2.49. The van der Waals surface area contributed by atoms with Crippen molar-refractivity contribution in [2.24, 2.45) is 7.05 Å². The fraction of sp³-hybridized carbons (Fsp3) is 0.533. The number of hydrogen-bond acceptors (Lipinski definition) is 5. The van der Waals surface area contributed by atoms with Crippen molar-refractivity contribution in [2.45, 2.75) is 19.3 Å². The van der Waals surface area contributed by atoms with Crippen LogP contribution in [0.4, 0.5) is 0 Å². The van der Waals surface area contributed by atoms with Gasteiger partial charge in [0, 0.05) is 52.0 Å². The lowest BCUT2D eigenvalue weighted by Gasteiger charge is -2.20. The van der Waals surface area contributed by atoms with E-state index in [4.69, 9.17) is 0 Å². The molecule has 0 bridgehead atoms. The van der Waals surface area contributed by atoms with Crippen LogP contribution in [0.25, 0.3) is 11.4 Å². The molecule has 0 aliphatic carbocycles. The van der Waals surface area contributed by atoms with Gasteiger partial charge in [0.05, 0.1) is 11.4 Å². The topological polar surface area (TPSA) is 84.2 Å². The Morgan fingerprint density at radius 1 is 1.29 bits per heavy atom. The number of aryl methyl sites for hydroxylation is 2. The summed E-state index contributed by atoms with van der Waals surface area (Å²) in [6, 6.07) is 3.85. The molecule has 0 radical (unpaired) electrons. The highest BCUT2D eigenvalue weighted by Gasteiger charge is 2.34. The smallest absolute Gasteiger partial charge is 0.266 e. The van der Waals surface area contributed by atoms with E-state index in [1.54, 1.807) is 25.0 Å². The first-order valence-electron chi connectivity index (χ1n) is 7.80. The van der Waals surface area contributed by atoms with Gasteiger partial charge in [-0.3, -0.25) is 4.68 Å². The second-order valence-corrected chi connectivity index (χ2v) is 8.34. The minimum Gasteiger partial charge on any atom is -0.266 e. The molecule has 2 aromatic rings. The van der Waals surface area contributed by atoms with Gasteiger partial charge in [0.15, 0.2) is 0 Å². The van der Waals surface area contributed by atoms with Gasteiger partial charge in [0.1, 0.15) is 5.82 Å². The molecule has 1 atom stereocenters. The Morgan fingerprint density at radius 3 is 2.67 bits per heavy atom. The van der Waals surface area contributed by atoms with Gasteiger partial charge >= 0.3 is 0 Å². The molecular formula is C15H22N6O2S. The minimum atomic E-state index is -3.38. The molecule has 0 saturated carbocycles. The van der Waals surface area contributed by atoms with Crippen molar-refractivity contribution in [2.75, 3.05) is 27.2 Å². The Labute approximate surface area is 142 Å². The number of rotatable bonds is 4. The van der Waals surface area contributed by atoms with Crippen molar-refractivity contribution >= 4 is 10.2 Å². The first-order valence-corrected chi connectivity index (χ1v) is 9.20. The molecule has 0 aromatic carbocycles. The van der Waals surface area contributed by atoms with E-state index in [2.05, 4.69) is 15.1 Å². The summed E-state index contributed by atoms with van der Waals surface area (Å²) in [6.45, 7) is 2.81. The molecule has 0 unspecified atom stereocenters. The van der Waals surface area contributed by atoms with Gasteiger partial charge < -0.3 is 0 Å². The zero-order valence-electron chi connectivity index (χ0n) is 14.3. The number of hydrogen-bond donors (Lipinski definition) is 0. The molecule has 130 valence electrons. The average molecular weight is 350 g/mol. The maximum absolute atomic E-state index is 12.3. The molecule has 1 aliphatic rings. The highest BCUT2D eigenvalue weighted by molar-refractivity contribution is 7.86. The van der Waals surface area contributed by atoms with E-state index in [9.17, 15) is 8.42 Å². The lowest BCUT2D eigenvalue weighted by atomic mass is 10.0. The molecule has 0 spiro atoms. The van der Waals surface area contributed by atoms with Crippen LogP contribution in [0.5, 0.6) is 0 Å². The van der Waals surface area contributed by atoms with Crippen molar-refractivity contribution in [3.05, 3.63) is 29.8 Å². The third-order valence-electron chi connectivity index (χ3n) is 4.30. The highest BCUT2D eigenvalue weighted by atomic mass is 32.2. The van der Waals surface area contributed by atoms with Crippen LogP contribution in [0.3, 0.4) is 0 Å². The maximum atomic E-state index is 12.3. The summed E-state index contributed by atoms with van der Waals surface area (Å²) in [5.74, 6) is 0.756. The van der Waals surface area contributed by atoms with E-state index in [1.807, 2.05) is 26.1 Å². The summed E-state index contributed by atoms with van der Waals surface area (Å²) in [4.78, 5) is 9.03. The van der Waals surface area contributed by atoms with Gasteiger partial charge in [-0.25, -0.2) is 9.97 Å². The summed E-state index contributed by atoms with van der Waals surface area (Å²) in [5.41, 5.74) is 2.61. The normalized spacial score (nSPS) is 19.3. The number of nitrogens with zero attached hydrogens (tertiary/aromatic N) is 6. The zero-order valence-corrected chi connectivity index (χ0v) is 15.2. The molecule has 1 aliphatic heterocycles. The molecule has 1 fully saturated rings. The summed E-state index contributed by atoms with van der Waals surface area (Å²) in [5, 5.41) is 4.18. The van der Waals surface area contributed by atoms with Crippen LogP contribution >= 0.6 is 0 Å². The SMILES string of the molecule is Cc1nc(-c2ccnn2C)cc([C@H]2CCN(S(=O)(=O)N(C)C)C2)n1. The van der Waals surface area contributed by atoms with Crippen molar-refractivity contribution in [1.29, 1.82) is 0 Å². The van der Waals surface area contributed by atoms with Crippen LogP contribution in [0.2, 0.25) is 0 Å². The molecule has 1 saturated heterocycles. The van der Waals surface area contributed by atoms with Crippen molar-refractivity contribution in [3.63, 3.8) is 0 Å². The first kappa shape index (κ1) is 17.0. The Balaban J connectivity index is 1.89.